The van der Waals surface area contributed by atoms with E-state index in [0.29, 0.717) is 12.8 Å². The summed E-state index contributed by atoms with van der Waals surface area (Å²) in [5, 5.41) is 3.12. The molecule has 1 aromatic rings. The number of Topliss-reactive ketones (excluding diaryl/α,β-unsaturated/α-hetero) is 1. The second-order valence-electron chi connectivity index (χ2n) is 4.81. The molecular formula is C14H16F3NO. The van der Waals surface area contributed by atoms with E-state index in [1.807, 2.05) is 0 Å². The fourth-order valence-electron chi connectivity index (χ4n) is 2.26. The number of alkyl halides is 3. The first-order valence-electron chi connectivity index (χ1n) is 6.39. The average molecular weight is 271 g/mol. The van der Waals surface area contributed by atoms with Crippen LogP contribution in [0.3, 0.4) is 0 Å². The van der Waals surface area contributed by atoms with Gasteiger partial charge in [-0.25, -0.2) is 0 Å². The van der Waals surface area contributed by atoms with Crippen molar-refractivity contribution in [2.45, 2.75) is 37.9 Å². The van der Waals surface area contributed by atoms with Gasteiger partial charge in [-0.15, -0.1) is 0 Å². The summed E-state index contributed by atoms with van der Waals surface area (Å²) < 4.78 is 37.1. The molecule has 0 bridgehead atoms. The van der Waals surface area contributed by atoms with E-state index in [0.717, 1.165) is 37.1 Å². The van der Waals surface area contributed by atoms with Crippen molar-refractivity contribution in [3.63, 3.8) is 0 Å². The maximum Gasteiger partial charge on any atom is 0.416 e. The predicted octanol–water partition coefficient (Wildman–Crippen LogP) is 2.96. The van der Waals surface area contributed by atoms with Gasteiger partial charge in [0.25, 0.3) is 0 Å². The van der Waals surface area contributed by atoms with Crippen LogP contribution in [-0.4, -0.2) is 18.4 Å². The van der Waals surface area contributed by atoms with E-state index in [9.17, 15) is 18.0 Å². The standard InChI is InChI=1S/C14H16F3NO/c15-14(16,17)11-6-3-10(4-7-11)5-8-13(19)12-2-1-9-18-12/h3-4,6-7,12,18H,1-2,5,8-9H2. The van der Waals surface area contributed by atoms with Crippen LogP contribution in [0.2, 0.25) is 0 Å². The molecule has 0 spiro atoms. The zero-order chi connectivity index (χ0) is 13.9. The smallest absolute Gasteiger partial charge is 0.307 e. The molecule has 0 aliphatic carbocycles. The van der Waals surface area contributed by atoms with E-state index in [-0.39, 0.29) is 11.8 Å². The van der Waals surface area contributed by atoms with Crippen molar-refractivity contribution in [3.8, 4) is 0 Å². The van der Waals surface area contributed by atoms with Crippen molar-refractivity contribution in [1.82, 2.24) is 5.32 Å². The molecule has 104 valence electrons. The molecule has 5 heteroatoms. The quantitative estimate of drug-likeness (QED) is 0.912. The fraction of sp³-hybridized carbons (Fsp3) is 0.500. The number of nitrogens with one attached hydrogen (secondary N) is 1. The van der Waals surface area contributed by atoms with Gasteiger partial charge in [-0.05, 0) is 43.5 Å². The van der Waals surface area contributed by atoms with Crippen molar-refractivity contribution < 1.29 is 18.0 Å². The Morgan fingerprint density at radius 3 is 2.47 bits per heavy atom. The van der Waals surface area contributed by atoms with Gasteiger partial charge >= 0.3 is 6.18 Å². The van der Waals surface area contributed by atoms with Crippen LogP contribution in [0.4, 0.5) is 13.2 Å². The maximum atomic E-state index is 12.4. The molecule has 1 atom stereocenters. The number of halogens is 3. The first-order valence-corrected chi connectivity index (χ1v) is 6.39. The highest BCUT2D eigenvalue weighted by Gasteiger charge is 2.30. The summed E-state index contributed by atoms with van der Waals surface area (Å²) in [5.74, 6) is 0.150. The minimum Gasteiger partial charge on any atom is -0.307 e. The minimum absolute atomic E-state index is 0.0607. The number of ketones is 1. The van der Waals surface area contributed by atoms with Crippen LogP contribution in [0.5, 0.6) is 0 Å². The summed E-state index contributed by atoms with van der Waals surface area (Å²) >= 11 is 0. The molecule has 1 aliphatic heterocycles. The molecule has 1 saturated heterocycles. The second kappa shape index (κ2) is 5.74. The molecule has 2 rings (SSSR count). The monoisotopic (exact) mass is 271 g/mol. The molecule has 0 aromatic heterocycles. The van der Waals surface area contributed by atoms with E-state index in [1.165, 1.54) is 12.1 Å². The van der Waals surface area contributed by atoms with Gasteiger partial charge in [0.2, 0.25) is 0 Å². The highest BCUT2D eigenvalue weighted by molar-refractivity contribution is 5.84. The Hall–Kier alpha value is -1.36. The topological polar surface area (TPSA) is 29.1 Å². The van der Waals surface area contributed by atoms with Crippen LogP contribution < -0.4 is 5.32 Å². The Bertz CT molecular complexity index is 433. The highest BCUT2D eigenvalue weighted by atomic mass is 19.4. The SMILES string of the molecule is O=C(CCc1ccc(C(F)(F)F)cc1)C1CCCN1. The lowest BCUT2D eigenvalue weighted by atomic mass is 10.0. The van der Waals surface area contributed by atoms with E-state index in [4.69, 9.17) is 0 Å². The summed E-state index contributed by atoms with van der Waals surface area (Å²) in [4.78, 5) is 11.8. The number of hydrogen-bond acceptors (Lipinski definition) is 2. The molecule has 1 aromatic carbocycles. The molecular weight excluding hydrogens is 255 g/mol. The molecule has 1 unspecified atom stereocenters. The van der Waals surface area contributed by atoms with Crippen molar-refractivity contribution in [3.05, 3.63) is 35.4 Å². The molecule has 0 radical (unpaired) electrons. The van der Waals surface area contributed by atoms with Crippen molar-refractivity contribution in [2.24, 2.45) is 0 Å². The number of carbonyl (C=O) groups is 1. The Kier molecular flexibility index (Phi) is 4.24. The summed E-state index contributed by atoms with van der Waals surface area (Å²) in [6.07, 6.45) is -1.55. The number of hydrogen-bond donors (Lipinski definition) is 1. The van der Waals surface area contributed by atoms with Crippen LogP contribution >= 0.6 is 0 Å². The van der Waals surface area contributed by atoms with E-state index < -0.39 is 11.7 Å². The molecule has 1 heterocycles. The van der Waals surface area contributed by atoms with E-state index in [2.05, 4.69) is 5.32 Å². The normalized spacial score (nSPS) is 19.6. The van der Waals surface area contributed by atoms with Crippen LogP contribution in [0.1, 0.15) is 30.4 Å². The maximum absolute atomic E-state index is 12.4. The van der Waals surface area contributed by atoms with Crippen LogP contribution in [0, 0.1) is 0 Å². The lowest BCUT2D eigenvalue weighted by molar-refractivity contribution is -0.137. The Labute approximate surface area is 110 Å². The van der Waals surface area contributed by atoms with Gasteiger partial charge in [0.05, 0.1) is 11.6 Å². The van der Waals surface area contributed by atoms with Crippen molar-refractivity contribution >= 4 is 5.78 Å². The molecule has 1 aliphatic rings. The number of aryl methyl sites for hydroxylation is 1. The van der Waals surface area contributed by atoms with Gasteiger partial charge in [0.15, 0.2) is 0 Å². The third-order valence-electron chi connectivity index (χ3n) is 3.39. The molecule has 19 heavy (non-hydrogen) atoms. The number of benzene rings is 1. The summed E-state index contributed by atoms with van der Waals surface area (Å²) in [7, 11) is 0. The molecule has 0 amide bonds. The third kappa shape index (κ3) is 3.80. The van der Waals surface area contributed by atoms with Gasteiger partial charge in [0.1, 0.15) is 5.78 Å². The first-order chi connectivity index (χ1) is 8.97. The van der Waals surface area contributed by atoms with Crippen LogP contribution in [0.25, 0.3) is 0 Å². The predicted molar refractivity (Wildman–Crippen MR) is 65.8 cm³/mol. The number of rotatable bonds is 4. The van der Waals surface area contributed by atoms with Gasteiger partial charge in [-0.1, -0.05) is 12.1 Å². The van der Waals surface area contributed by atoms with Crippen LogP contribution in [-0.2, 0) is 17.4 Å². The zero-order valence-electron chi connectivity index (χ0n) is 10.5. The van der Waals surface area contributed by atoms with Crippen LogP contribution in [0.15, 0.2) is 24.3 Å². The molecule has 0 saturated carbocycles. The van der Waals surface area contributed by atoms with E-state index >= 15 is 0 Å². The Morgan fingerprint density at radius 2 is 1.95 bits per heavy atom. The average Bonchev–Trinajstić information content (AvgIpc) is 2.89. The third-order valence-corrected chi connectivity index (χ3v) is 3.39. The lowest BCUT2D eigenvalue weighted by Gasteiger charge is -2.10. The molecule has 1 fully saturated rings. The van der Waals surface area contributed by atoms with Gasteiger partial charge < -0.3 is 5.32 Å². The van der Waals surface area contributed by atoms with Crippen molar-refractivity contribution in [1.29, 1.82) is 0 Å². The summed E-state index contributed by atoms with van der Waals surface area (Å²) in [5.41, 5.74) is 0.111. The highest BCUT2D eigenvalue weighted by Crippen LogP contribution is 2.29. The summed E-state index contributed by atoms with van der Waals surface area (Å²) in [6.45, 7) is 0.872. The molecule has 1 N–H and O–H groups in total. The second-order valence-corrected chi connectivity index (χ2v) is 4.81. The summed E-state index contributed by atoms with van der Waals surface area (Å²) in [6, 6.07) is 4.95. The number of carbonyl (C=O) groups excluding carboxylic acids is 1. The van der Waals surface area contributed by atoms with Gasteiger partial charge in [0, 0.05) is 6.42 Å². The van der Waals surface area contributed by atoms with Gasteiger partial charge in [-0.2, -0.15) is 13.2 Å². The molecule has 2 nitrogen and oxygen atoms in total. The fourth-order valence-corrected chi connectivity index (χ4v) is 2.26. The Balaban J connectivity index is 1.87. The zero-order valence-corrected chi connectivity index (χ0v) is 10.5. The van der Waals surface area contributed by atoms with Crippen molar-refractivity contribution in [2.75, 3.05) is 6.54 Å². The van der Waals surface area contributed by atoms with E-state index in [1.54, 1.807) is 0 Å². The Morgan fingerprint density at radius 1 is 1.26 bits per heavy atom. The largest absolute Gasteiger partial charge is 0.416 e. The minimum atomic E-state index is -4.30. The first kappa shape index (κ1) is 14.1. The lowest BCUT2D eigenvalue weighted by Crippen LogP contribution is -2.30. The van der Waals surface area contributed by atoms with Gasteiger partial charge in [-0.3, -0.25) is 4.79 Å².